The first-order chi connectivity index (χ1) is 10.2. The van der Waals surface area contributed by atoms with E-state index >= 15 is 0 Å². The lowest BCUT2D eigenvalue weighted by Gasteiger charge is -2.23. The lowest BCUT2D eigenvalue weighted by molar-refractivity contribution is 0.269. The summed E-state index contributed by atoms with van der Waals surface area (Å²) in [7, 11) is 2.16. The van der Waals surface area contributed by atoms with E-state index in [0.29, 0.717) is 12.6 Å². The summed E-state index contributed by atoms with van der Waals surface area (Å²) in [5.74, 6) is 0.909. The minimum Gasteiger partial charge on any atom is -0.489 e. The van der Waals surface area contributed by atoms with Gasteiger partial charge in [-0.25, -0.2) is 0 Å². The number of rotatable bonds is 7. The van der Waals surface area contributed by atoms with Crippen molar-refractivity contribution in [2.24, 2.45) is 0 Å². The number of benzene rings is 1. The van der Waals surface area contributed by atoms with Crippen LogP contribution in [-0.2, 0) is 13.0 Å². The molecule has 0 fully saturated rings. The van der Waals surface area contributed by atoms with E-state index in [1.165, 1.54) is 5.56 Å². The number of aromatic nitrogens is 1. The van der Waals surface area contributed by atoms with Crippen molar-refractivity contribution >= 4 is 0 Å². The number of ether oxygens (including phenoxy) is 1. The van der Waals surface area contributed by atoms with Gasteiger partial charge in [0.2, 0.25) is 0 Å². The maximum atomic E-state index is 5.78. The normalized spacial score (nSPS) is 12.4. The van der Waals surface area contributed by atoms with E-state index in [1.807, 2.05) is 12.1 Å². The van der Waals surface area contributed by atoms with Gasteiger partial charge in [-0.15, -0.1) is 0 Å². The molecule has 0 bridgehead atoms. The molecule has 0 aliphatic heterocycles. The molecule has 0 spiro atoms. The van der Waals surface area contributed by atoms with Crippen LogP contribution in [0.15, 0.2) is 48.8 Å². The number of likely N-dealkylation sites (N-methyl/N-ethyl adjacent to an activating group) is 1. The molecule has 0 amide bonds. The Morgan fingerprint density at radius 3 is 2.33 bits per heavy atom. The van der Waals surface area contributed by atoms with Gasteiger partial charge >= 0.3 is 0 Å². The molecule has 0 radical (unpaired) electrons. The van der Waals surface area contributed by atoms with Crippen molar-refractivity contribution < 1.29 is 4.74 Å². The van der Waals surface area contributed by atoms with Gasteiger partial charge in [0.15, 0.2) is 0 Å². The average molecular weight is 284 g/mol. The third-order valence-electron chi connectivity index (χ3n) is 3.86. The Balaban J connectivity index is 1.87. The van der Waals surface area contributed by atoms with Crippen molar-refractivity contribution in [2.75, 3.05) is 13.6 Å². The van der Waals surface area contributed by atoms with Gasteiger partial charge in [-0.1, -0.05) is 19.1 Å². The molecule has 0 saturated heterocycles. The first kappa shape index (κ1) is 15.5. The van der Waals surface area contributed by atoms with Crippen LogP contribution in [0.25, 0.3) is 0 Å². The first-order valence-corrected chi connectivity index (χ1v) is 7.50. The largest absolute Gasteiger partial charge is 0.489 e. The fourth-order valence-electron chi connectivity index (χ4n) is 2.18. The molecule has 0 aliphatic rings. The van der Waals surface area contributed by atoms with Crippen LogP contribution in [0.5, 0.6) is 5.75 Å². The molecule has 1 atom stereocenters. The predicted molar refractivity (Wildman–Crippen MR) is 86.5 cm³/mol. The summed E-state index contributed by atoms with van der Waals surface area (Å²) in [5.41, 5.74) is 2.48. The van der Waals surface area contributed by atoms with Crippen LogP contribution in [0.1, 0.15) is 25.0 Å². The summed E-state index contributed by atoms with van der Waals surface area (Å²) in [5, 5.41) is 0. The van der Waals surface area contributed by atoms with E-state index in [-0.39, 0.29) is 0 Å². The van der Waals surface area contributed by atoms with Gasteiger partial charge in [0, 0.05) is 18.4 Å². The molecule has 1 aromatic carbocycles. The van der Waals surface area contributed by atoms with Crippen molar-refractivity contribution in [2.45, 2.75) is 32.9 Å². The van der Waals surface area contributed by atoms with Gasteiger partial charge in [-0.05, 0) is 62.3 Å². The molecule has 3 heteroatoms. The predicted octanol–water partition coefficient (Wildman–Crippen LogP) is 3.54. The first-order valence-electron chi connectivity index (χ1n) is 7.50. The minimum absolute atomic E-state index is 0.554. The molecule has 21 heavy (non-hydrogen) atoms. The number of hydrogen-bond donors (Lipinski definition) is 0. The Morgan fingerprint density at radius 2 is 1.71 bits per heavy atom. The molecular formula is C18H24N2O. The van der Waals surface area contributed by atoms with Gasteiger partial charge in [-0.2, -0.15) is 0 Å². The molecule has 112 valence electrons. The second-order valence-electron chi connectivity index (χ2n) is 5.41. The highest BCUT2D eigenvalue weighted by Crippen LogP contribution is 2.16. The Morgan fingerprint density at radius 1 is 1.05 bits per heavy atom. The van der Waals surface area contributed by atoms with Crippen molar-refractivity contribution in [3.63, 3.8) is 0 Å². The summed E-state index contributed by atoms with van der Waals surface area (Å²) >= 11 is 0. The van der Waals surface area contributed by atoms with Crippen molar-refractivity contribution in [1.82, 2.24) is 9.88 Å². The molecule has 1 aromatic heterocycles. The zero-order chi connectivity index (χ0) is 15.1. The summed E-state index contributed by atoms with van der Waals surface area (Å²) in [6, 6.07) is 12.9. The minimum atomic E-state index is 0.554. The molecule has 1 heterocycles. The highest BCUT2D eigenvalue weighted by atomic mass is 16.5. The van der Waals surface area contributed by atoms with Crippen LogP contribution in [0.3, 0.4) is 0 Å². The molecule has 0 unspecified atom stereocenters. The van der Waals surface area contributed by atoms with E-state index in [0.717, 1.165) is 24.3 Å². The monoisotopic (exact) mass is 284 g/mol. The van der Waals surface area contributed by atoms with Crippen LogP contribution >= 0.6 is 0 Å². The summed E-state index contributed by atoms with van der Waals surface area (Å²) in [6.45, 7) is 6.11. The fourth-order valence-corrected chi connectivity index (χ4v) is 2.18. The van der Waals surface area contributed by atoms with Gasteiger partial charge < -0.3 is 9.64 Å². The summed E-state index contributed by atoms with van der Waals surface area (Å²) < 4.78 is 5.78. The number of hydrogen-bond acceptors (Lipinski definition) is 3. The molecule has 3 nitrogen and oxygen atoms in total. The second-order valence-corrected chi connectivity index (χ2v) is 5.41. The number of pyridine rings is 1. The highest BCUT2D eigenvalue weighted by molar-refractivity contribution is 5.28. The molecule has 0 aliphatic carbocycles. The van der Waals surface area contributed by atoms with Gasteiger partial charge in [0.05, 0.1) is 0 Å². The SMILES string of the molecule is CCN(C)[C@H](C)Cc1ccc(OCc2ccncc2)cc1. The van der Waals surface area contributed by atoms with Gasteiger partial charge in [0.1, 0.15) is 12.4 Å². The zero-order valence-electron chi connectivity index (χ0n) is 13.1. The van der Waals surface area contributed by atoms with Crippen LogP contribution < -0.4 is 4.74 Å². The topological polar surface area (TPSA) is 25.4 Å². The van der Waals surface area contributed by atoms with Crippen LogP contribution in [-0.4, -0.2) is 29.5 Å². The van der Waals surface area contributed by atoms with Crippen LogP contribution in [0.2, 0.25) is 0 Å². The van der Waals surface area contributed by atoms with Crippen molar-refractivity contribution in [3.8, 4) is 5.75 Å². The summed E-state index contributed by atoms with van der Waals surface area (Å²) in [4.78, 5) is 6.36. The standard InChI is InChI=1S/C18H24N2O/c1-4-20(3)15(2)13-16-5-7-18(8-6-16)21-14-17-9-11-19-12-10-17/h5-12,15H,4,13-14H2,1-3H3/t15-/m1/s1. The van der Waals surface area contributed by atoms with Crippen LogP contribution in [0.4, 0.5) is 0 Å². The van der Waals surface area contributed by atoms with E-state index in [1.54, 1.807) is 12.4 Å². The fraction of sp³-hybridized carbons (Fsp3) is 0.389. The van der Waals surface area contributed by atoms with Crippen molar-refractivity contribution in [1.29, 1.82) is 0 Å². The Bertz CT molecular complexity index is 525. The third-order valence-corrected chi connectivity index (χ3v) is 3.86. The lowest BCUT2D eigenvalue weighted by Crippen LogP contribution is -2.30. The maximum Gasteiger partial charge on any atom is 0.119 e. The Labute approximate surface area is 127 Å². The molecule has 2 aromatic rings. The van der Waals surface area contributed by atoms with Gasteiger partial charge in [-0.3, -0.25) is 4.98 Å². The molecule has 0 saturated carbocycles. The number of nitrogens with zero attached hydrogens (tertiary/aromatic N) is 2. The van der Waals surface area contributed by atoms with E-state index in [9.17, 15) is 0 Å². The lowest BCUT2D eigenvalue weighted by atomic mass is 10.1. The van der Waals surface area contributed by atoms with Crippen molar-refractivity contribution in [3.05, 3.63) is 59.9 Å². The molecule has 2 rings (SSSR count). The highest BCUT2D eigenvalue weighted by Gasteiger charge is 2.08. The third kappa shape index (κ3) is 4.87. The Kier molecular flexibility index (Phi) is 5.76. The Hall–Kier alpha value is -1.87. The summed E-state index contributed by atoms with van der Waals surface area (Å²) in [6.07, 6.45) is 4.63. The van der Waals surface area contributed by atoms with E-state index < -0.39 is 0 Å². The van der Waals surface area contributed by atoms with Crippen LogP contribution in [0, 0.1) is 0 Å². The average Bonchev–Trinajstić information content (AvgIpc) is 2.54. The molecule has 0 N–H and O–H groups in total. The van der Waals surface area contributed by atoms with Gasteiger partial charge in [0.25, 0.3) is 0 Å². The zero-order valence-corrected chi connectivity index (χ0v) is 13.1. The maximum absolute atomic E-state index is 5.78. The quantitative estimate of drug-likeness (QED) is 0.777. The smallest absolute Gasteiger partial charge is 0.119 e. The second kappa shape index (κ2) is 7.79. The molecular weight excluding hydrogens is 260 g/mol. The van der Waals surface area contributed by atoms with E-state index in [2.05, 4.69) is 55.0 Å². The van der Waals surface area contributed by atoms with E-state index in [4.69, 9.17) is 4.74 Å².